The number of anilines is 1. The summed E-state index contributed by atoms with van der Waals surface area (Å²) in [5, 5.41) is 3.02. The Bertz CT molecular complexity index is 697. The van der Waals surface area contributed by atoms with Crippen LogP contribution in [0.25, 0.3) is 0 Å². The SMILES string of the molecule is CNCc1ccc(NS(=O)(=O)c2cc(Cl)sc2Cl)cc1. The van der Waals surface area contributed by atoms with Crippen molar-refractivity contribution in [2.45, 2.75) is 11.4 Å². The van der Waals surface area contributed by atoms with Crippen molar-refractivity contribution in [3.63, 3.8) is 0 Å². The molecule has 0 amide bonds. The first-order chi connectivity index (χ1) is 9.42. The molecule has 0 spiro atoms. The Morgan fingerprint density at radius 2 is 1.85 bits per heavy atom. The third kappa shape index (κ3) is 3.65. The summed E-state index contributed by atoms with van der Waals surface area (Å²) >= 11 is 12.7. The van der Waals surface area contributed by atoms with Crippen molar-refractivity contribution < 1.29 is 8.42 Å². The molecule has 1 aromatic heterocycles. The fourth-order valence-electron chi connectivity index (χ4n) is 1.61. The third-order valence-corrected chi connectivity index (χ3v) is 5.64. The number of benzene rings is 1. The van der Waals surface area contributed by atoms with E-state index >= 15 is 0 Å². The molecule has 108 valence electrons. The van der Waals surface area contributed by atoms with Gasteiger partial charge in [0.15, 0.2) is 0 Å². The highest BCUT2D eigenvalue weighted by molar-refractivity contribution is 7.93. The van der Waals surface area contributed by atoms with Gasteiger partial charge in [-0.2, -0.15) is 0 Å². The quantitative estimate of drug-likeness (QED) is 0.866. The van der Waals surface area contributed by atoms with Crippen molar-refractivity contribution in [1.29, 1.82) is 0 Å². The summed E-state index contributed by atoms with van der Waals surface area (Å²) in [5.41, 5.74) is 1.54. The Morgan fingerprint density at radius 3 is 2.35 bits per heavy atom. The van der Waals surface area contributed by atoms with Crippen LogP contribution in [0.2, 0.25) is 8.67 Å². The predicted octanol–water partition coefficient (Wildman–Crippen LogP) is 3.58. The van der Waals surface area contributed by atoms with Gasteiger partial charge >= 0.3 is 0 Å². The number of thiophene rings is 1. The molecule has 20 heavy (non-hydrogen) atoms. The number of hydrogen-bond acceptors (Lipinski definition) is 4. The lowest BCUT2D eigenvalue weighted by Crippen LogP contribution is -2.12. The maximum absolute atomic E-state index is 12.2. The molecule has 0 aliphatic carbocycles. The molecule has 2 aromatic rings. The number of halogens is 2. The molecule has 1 heterocycles. The van der Waals surface area contributed by atoms with E-state index in [4.69, 9.17) is 23.2 Å². The second-order valence-electron chi connectivity index (χ2n) is 4.02. The van der Waals surface area contributed by atoms with Gasteiger partial charge in [0.2, 0.25) is 0 Å². The number of sulfonamides is 1. The minimum atomic E-state index is -3.72. The number of rotatable bonds is 5. The minimum Gasteiger partial charge on any atom is -0.316 e. The highest BCUT2D eigenvalue weighted by atomic mass is 35.5. The van der Waals surface area contributed by atoms with Crippen LogP contribution in [0.1, 0.15) is 5.56 Å². The van der Waals surface area contributed by atoms with Crippen molar-refractivity contribution in [2.75, 3.05) is 11.8 Å². The van der Waals surface area contributed by atoms with E-state index in [9.17, 15) is 8.42 Å². The monoisotopic (exact) mass is 350 g/mol. The van der Waals surface area contributed by atoms with Crippen LogP contribution in [0.3, 0.4) is 0 Å². The van der Waals surface area contributed by atoms with Gasteiger partial charge in [-0.05, 0) is 30.8 Å². The Kier molecular flexibility index (Phi) is 4.93. The molecule has 0 saturated carbocycles. The third-order valence-electron chi connectivity index (χ3n) is 2.50. The first kappa shape index (κ1) is 15.6. The number of nitrogens with one attached hydrogen (secondary N) is 2. The zero-order chi connectivity index (χ0) is 14.8. The molecule has 0 unspecified atom stereocenters. The first-order valence-corrected chi connectivity index (χ1v) is 8.69. The first-order valence-electron chi connectivity index (χ1n) is 5.63. The lowest BCUT2D eigenvalue weighted by molar-refractivity contribution is 0.601. The summed E-state index contributed by atoms with van der Waals surface area (Å²) in [5.74, 6) is 0. The zero-order valence-electron chi connectivity index (χ0n) is 10.5. The lowest BCUT2D eigenvalue weighted by atomic mass is 10.2. The van der Waals surface area contributed by atoms with Gasteiger partial charge in [0.1, 0.15) is 9.23 Å². The van der Waals surface area contributed by atoms with Gasteiger partial charge in [0, 0.05) is 12.2 Å². The normalized spacial score (nSPS) is 11.6. The van der Waals surface area contributed by atoms with Gasteiger partial charge < -0.3 is 5.32 Å². The molecule has 0 bridgehead atoms. The van der Waals surface area contributed by atoms with Crippen molar-refractivity contribution >= 4 is 50.2 Å². The van der Waals surface area contributed by atoms with Crippen LogP contribution < -0.4 is 10.0 Å². The molecule has 2 rings (SSSR count). The summed E-state index contributed by atoms with van der Waals surface area (Å²) in [6, 6.07) is 8.43. The maximum atomic E-state index is 12.2. The van der Waals surface area contributed by atoms with Gasteiger partial charge in [-0.1, -0.05) is 35.3 Å². The van der Waals surface area contributed by atoms with E-state index in [1.807, 2.05) is 19.2 Å². The zero-order valence-corrected chi connectivity index (χ0v) is 13.6. The summed E-state index contributed by atoms with van der Waals surface area (Å²) in [6.07, 6.45) is 0. The van der Waals surface area contributed by atoms with E-state index < -0.39 is 10.0 Å². The van der Waals surface area contributed by atoms with E-state index in [1.165, 1.54) is 6.07 Å². The highest BCUT2D eigenvalue weighted by Crippen LogP contribution is 2.35. The number of hydrogen-bond donors (Lipinski definition) is 2. The van der Waals surface area contributed by atoms with Crippen LogP contribution in [0.5, 0.6) is 0 Å². The van der Waals surface area contributed by atoms with Crippen LogP contribution >= 0.6 is 34.5 Å². The lowest BCUT2D eigenvalue weighted by Gasteiger charge is -2.08. The van der Waals surface area contributed by atoms with E-state index in [2.05, 4.69) is 10.0 Å². The Balaban J connectivity index is 2.22. The van der Waals surface area contributed by atoms with Gasteiger partial charge in [-0.25, -0.2) is 8.42 Å². The summed E-state index contributed by atoms with van der Waals surface area (Å²) in [4.78, 5) is -0.00605. The van der Waals surface area contributed by atoms with E-state index in [0.29, 0.717) is 10.0 Å². The predicted molar refractivity (Wildman–Crippen MR) is 84.4 cm³/mol. The Morgan fingerprint density at radius 1 is 1.20 bits per heavy atom. The standard InChI is InChI=1S/C12H12Cl2N2O2S2/c1-15-7-8-2-4-9(5-3-8)16-20(17,18)10-6-11(13)19-12(10)14/h2-6,15-16H,7H2,1H3. The second-order valence-corrected chi connectivity index (χ2v) is 7.96. The molecular formula is C12H12Cl2N2O2S2. The van der Waals surface area contributed by atoms with Crippen LogP contribution in [0.4, 0.5) is 5.69 Å². The fraction of sp³-hybridized carbons (Fsp3) is 0.167. The van der Waals surface area contributed by atoms with Gasteiger partial charge in [-0.3, -0.25) is 4.72 Å². The molecule has 2 N–H and O–H groups in total. The van der Waals surface area contributed by atoms with Crippen LogP contribution in [-0.4, -0.2) is 15.5 Å². The Labute approximate surface area is 131 Å². The molecule has 0 aliphatic heterocycles. The fourth-order valence-corrected chi connectivity index (χ4v) is 4.82. The molecule has 0 radical (unpaired) electrons. The van der Waals surface area contributed by atoms with Gasteiger partial charge in [-0.15, -0.1) is 11.3 Å². The molecule has 8 heteroatoms. The van der Waals surface area contributed by atoms with Crippen molar-refractivity contribution in [2.24, 2.45) is 0 Å². The average Bonchev–Trinajstić information content (AvgIpc) is 2.72. The molecular weight excluding hydrogens is 339 g/mol. The van der Waals surface area contributed by atoms with Crippen molar-refractivity contribution in [1.82, 2.24) is 5.32 Å². The van der Waals surface area contributed by atoms with Crippen molar-refractivity contribution in [3.05, 3.63) is 44.6 Å². The van der Waals surface area contributed by atoms with E-state index in [1.54, 1.807) is 12.1 Å². The molecule has 0 aliphatic rings. The highest BCUT2D eigenvalue weighted by Gasteiger charge is 2.21. The van der Waals surface area contributed by atoms with Crippen LogP contribution in [-0.2, 0) is 16.6 Å². The largest absolute Gasteiger partial charge is 0.316 e. The van der Waals surface area contributed by atoms with Crippen LogP contribution in [0, 0.1) is 0 Å². The molecule has 1 aromatic carbocycles. The molecule has 0 saturated heterocycles. The van der Waals surface area contributed by atoms with Crippen molar-refractivity contribution in [3.8, 4) is 0 Å². The molecule has 0 atom stereocenters. The Hall–Kier alpha value is -0.790. The van der Waals surface area contributed by atoms with E-state index in [-0.39, 0.29) is 9.23 Å². The second kappa shape index (κ2) is 6.32. The minimum absolute atomic E-state index is 0.00605. The average molecular weight is 351 g/mol. The van der Waals surface area contributed by atoms with Gasteiger partial charge in [0.25, 0.3) is 10.0 Å². The maximum Gasteiger partial charge on any atom is 0.264 e. The molecule has 4 nitrogen and oxygen atoms in total. The summed E-state index contributed by atoms with van der Waals surface area (Å²) in [7, 11) is -1.87. The summed E-state index contributed by atoms with van der Waals surface area (Å²) in [6.45, 7) is 0.721. The topological polar surface area (TPSA) is 58.2 Å². The molecule has 0 fully saturated rings. The van der Waals surface area contributed by atoms with Gasteiger partial charge in [0.05, 0.1) is 4.34 Å². The smallest absolute Gasteiger partial charge is 0.264 e. The van der Waals surface area contributed by atoms with Crippen LogP contribution in [0.15, 0.2) is 35.2 Å². The van der Waals surface area contributed by atoms with E-state index in [0.717, 1.165) is 23.4 Å². The summed E-state index contributed by atoms with van der Waals surface area (Å²) < 4.78 is 27.3.